The van der Waals surface area contributed by atoms with Gasteiger partial charge < -0.3 is 0 Å². The number of rotatable bonds is 1. The van der Waals surface area contributed by atoms with Crippen molar-refractivity contribution in [3.8, 4) is 11.3 Å². The molecule has 80 valence electrons. The Labute approximate surface area is 106 Å². The summed E-state index contributed by atoms with van der Waals surface area (Å²) in [6.07, 6.45) is 3.70. The fraction of sp³-hybridized carbons (Fsp3) is 0. The van der Waals surface area contributed by atoms with Gasteiger partial charge in [-0.3, -0.25) is 4.40 Å². The molecule has 2 heterocycles. The SMILES string of the molecule is Clc1ccc(-c2csc3nccn23)c(Cl)c1. The van der Waals surface area contributed by atoms with E-state index in [0.717, 1.165) is 16.2 Å². The van der Waals surface area contributed by atoms with E-state index in [1.807, 2.05) is 28.1 Å². The van der Waals surface area contributed by atoms with Gasteiger partial charge in [0.05, 0.1) is 10.7 Å². The maximum absolute atomic E-state index is 6.17. The van der Waals surface area contributed by atoms with Gasteiger partial charge in [-0.1, -0.05) is 23.2 Å². The standard InChI is InChI=1S/C11H6Cl2N2S/c12-7-1-2-8(9(13)5-7)10-6-16-11-14-3-4-15(10)11/h1-6H. The third-order valence-electron chi connectivity index (χ3n) is 2.35. The number of thiazole rings is 1. The van der Waals surface area contributed by atoms with Gasteiger partial charge in [-0.25, -0.2) is 4.98 Å². The van der Waals surface area contributed by atoms with Crippen LogP contribution in [0.4, 0.5) is 0 Å². The van der Waals surface area contributed by atoms with E-state index in [4.69, 9.17) is 23.2 Å². The quantitative estimate of drug-likeness (QED) is 0.641. The molecule has 0 atom stereocenters. The third kappa shape index (κ3) is 1.52. The van der Waals surface area contributed by atoms with Crippen LogP contribution in [0.2, 0.25) is 10.0 Å². The lowest BCUT2D eigenvalue weighted by Gasteiger charge is -2.03. The number of hydrogen-bond acceptors (Lipinski definition) is 2. The van der Waals surface area contributed by atoms with Crippen molar-refractivity contribution in [2.75, 3.05) is 0 Å². The van der Waals surface area contributed by atoms with Crippen LogP contribution in [0.5, 0.6) is 0 Å². The lowest BCUT2D eigenvalue weighted by atomic mass is 10.2. The van der Waals surface area contributed by atoms with Crippen LogP contribution in [-0.4, -0.2) is 9.38 Å². The van der Waals surface area contributed by atoms with Crippen molar-refractivity contribution in [1.82, 2.24) is 9.38 Å². The molecule has 1 aromatic carbocycles. The Morgan fingerprint density at radius 3 is 2.94 bits per heavy atom. The van der Waals surface area contributed by atoms with Crippen LogP contribution in [0.3, 0.4) is 0 Å². The number of halogens is 2. The van der Waals surface area contributed by atoms with E-state index in [1.165, 1.54) is 0 Å². The molecule has 0 aliphatic carbocycles. The first-order valence-electron chi connectivity index (χ1n) is 4.62. The van der Waals surface area contributed by atoms with Gasteiger partial charge in [0.25, 0.3) is 0 Å². The minimum Gasteiger partial charge on any atom is -0.290 e. The van der Waals surface area contributed by atoms with E-state index < -0.39 is 0 Å². The van der Waals surface area contributed by atoms with Gasteiger partial charge in [0.15, 0.2) is 4.96 Å². The minimum absolute atomic E-state index is 0.644. The molecular weight excluding hydrogens is 263 g/mol. The molecule has 2 aromatic heterocycles. The summed E-state index contributed by atoms with van der Waals surface area (Å²) in [5, 5.41) is 3.34. The van der Waals surface area contributed by atoms with Gasteiger partial charge >= 0.3 is 0 Å². The monoisotopic (exact) mass is 268 g/mol. The molecule has 2 nitrogen and oxygen atoms in total. The Bertz CT molecular complexity index is 657. The summed E-state index contributed by atoms with van der Waals surface area (Å²) >= 11 is 13.6. The van der Waals surface area contributed by atoms with Gasteiger partial charge in [0.2, 0.25) is 0 Å². The molecule has 0 amide bonds. The molecular formula is C11H6Cl2N2S. The summed E-state index contributed by atoms with van der Waals surface area (Å²) in [5.74, 6) is 0. The van der Waals surface area contributed by atoms with Crippen molar-refractivity contribution >= 4 is 39.5 Å². The lowest BCUT2D eigenvalue weighted by Crippen LogP contribution is -1.84. The summed E-state index contributed by atoms with van der Waals surface area (Å²) < 4.78 is 2.01. The molecule has 0 unspecified atom stereocenters. The highest BCUT2D eigenvalue weighted by Crippen LogP contribution is 2.32. The van der Waals surface area contributed by atoms with E-state index in [9.17, 15) is 0 Å². The molecule has 0 aliphatic rings. The van der Waals surface area contributed by atoms with E-state index in [0.29, 0.717) is 10.0 Å². The van der Waals surface area contributed by atoms with Crippen molar-refractivity contribution in [2.45, 2.75) is 0 Å². The molecule has 3 aromatic rings. The number of aromatic nitrogens is 2. The largest absolute Gasteiger partial charge is 0.290 e. The van der Waals surface area contributed by atoms with Crippen molar-refractivity contribution in [3.05, 3.63) is 46.0 Å². The number of benzene rings is 1. The molecule has 3 rings (SSSR count). The first-order chi connectivity index (χ1) is 7.75. The second kappa shape index (κ2) is 3.77. The van der Waals surface area contributed by atoms with Crippen LogP contribution < -0.4 is 0 Å². The number of imidazole rings is 1. The molecule has 0 fully saturated rings. The fourth-order valence-corrected chi connectivity index (χ4v) is 2.97. The summed E-state index contributed by atoms with van der Waals surface area (Å²) in [5.41, 5.74) is 2.01. The first-order valence-corrected chi connectivity index (χ1v) is 6.25. The molecule has 0 aliphatic heterocycles. The van der Waals surface area contributed by atoms with E-state index >= 15 is 0 Å². The summed E-state index contributed by atoms with van der Waals surface area (Å²) in [7, 11) is 0. The van der Waals surface area contributed by atoms with Crippen molar-refractivity contribution in [2.24, 2.45) is 0 Å². The van der Waals surface area contributed by atoms with Crippen LogP contribution in [0, 0.1) is 0 Å². The number of hydrogen-bond donors (Lipinski definition) is 0. The molecule has 0 bridgehead atoms. The smallest absolute Gasteiger partial charge is 0.194 e. The maximum atomic E-state index is 6.17. The Hall–Kier alpha value is -1.03. The van der Waals surface area contributed by atoms with E-state index in [-0.39, 0.29) is 0 Å². The van der Waals surface area contributed by atoms with Crippen LogP contribution in [0.25, 0.3) is 16.2 Å². The topological polar surface area (TPSA) is 17.3 Å². The highest BCUT2D eigenvalue weighted by atomic mass is 35.5. The van der Waals surface area contributed by atoms with Gasteiger partial charge in [0.1, 0.15) is 0 Å². The molecule has 0 N–H and O–H groups in total. The second-order valence-corrected chi connectivity index (χ2v) is 5.01. The second-order valence-electron chi connectivity index (χ2n) is 3.32. The molecule has 5 heteroatoms. The van der Waals surface area contributed by atoms with E-state index in [1.54, 1.807) is 23.6 Å². The number of nitrogens with zero attached hydrogens (tertiary/aromatic N) is 2. The molecule has 0 saturated heterocycles. The van der Waals surface area contributed by atoms with Gasteiger partial charge in [-0.05, 0) is 18.2 Å². The predicted octanol–water partition coefficient (Wildman–Crippen LogP) is 4.37. The van der Waals surface area contributed by atoms with Crippen LogP contribution in [0.1, 0.15) is 0 Å². The third-order valence-corrected chi connectivity index (χ3v) is 3.75. The van der Waals surface area contributed by atoms with Crippen LogP contribution in [0.15, 0.2) is 36.0 Å². The van der Waals surface area contributed by atoms with Gasteiger partial charge in [-0.2, -0.15) is 0 Å². The van der Waals surface area contributed by atoms with Crippen LogP contribution >= 0.6 is 34.5 Å². The lowest BCUT2D eigenvalue weighted by molar-refractivity contribution is 1.24. The fourth-order valence-electron chi connectivity index (χ4n) is 1.62. The highest BCUT2D eigenvalue weighted by Gasteiger charge is 2.09. The Morgan fingerprint density at radius 2 is 2.12 bits per heavy atom. The average Bonchev–Trinajstić information content (AvgIpc) is 2.80. The molecule has 0 saturated carbocycles. The highest BCUT2D eigenvalue weighted by molar-refractivity contribution is 7.15. The zero-order chi connectivity index (χ0) is 11.1. The Kier molecular flexibility index (Phi) is 2.39. The van der Waals surface area contributed by atoms with Gasteiger partial charge in [0, 0.05) is 28.4 Å². The zero-order valence-electron chi connectivity index (χ0n) is 8.02. The van der Waals surface area contributed by atoms with Crippen molar-refractivity contribution in [1.29, 1.82) is 0 Å². The van der Waals surface area contributed by atoms with Crippen molar-refractivity contribution < 1.29 is 0 Å². The van der Waals surface area contributed by atoms with Crippen molar-refractivity contribution in [3.63, 3.8) is 0 Å². The average molecular weight is 269 g/mol. The van der Waals surface area contributed by atoms with Gasteiger partial charge in [-0.15, -0.1) is 11.3 Å². The first kappa shape index (κ1) is 10.1. The Morgan fingerprint density at radius 1 is 1.25 bits per heavy atom. The number of fused-ring (bicyclic) bond motifs is 1. The zero-order valence-corrected chi connectivity index (χ0v) is 10.4. The summed E-state index contributed by atoms with van der Waals surface area (Å²) in [6.45, 7) is 0. The maximum Gasteiger partial charge on any atom is 0.194 e. The van der Waals surface area contributed by atoms with E-state index in [2.05, 4.69) is 4.98 Å². The summed E-state index contributed by atoms with van der Waals surface area (Å²) in [6, 6.07) is 5.51. The Balaban J connectivity index is 2.27. The molecule has 16 heavy (non-hydrogen) atoms. The summed E-state index contributed by atoms with van der Waals surface area (Å²) in [4.78, 5) is 5.18. The molecule has 0 radical (unpaired) electrons. The predicted molar refractivity (Wildman–Crippen MR) is 68.5 cm³/mol. The molecule has 0 spiro atoms. The normalized spacial score (nSPS) is 11.1. The minimum atomic E-state index is 0.644. The van der Waals surface area contributed by atoms with Crippen LogP contribution in [-0.2, 0) is 0 Å².